The number of halogens is 1. The maximum absolute atomic E-state index is 12.9. The Morgan fingerprint density at radius 3 is 2.31 bits per heavy atom. The number of hydrogen-bond acceptors (Lipinski definition) is 3. The highest BCUT2D eigenvalue weighted by Gasteiger charge is 2.29. The molecule has 2 aromatic carbocycles. The van der Waals surface area contributed by atoms with Gasteiger partial charge in [-0.05, 0) is 49.7 Å². The van der Waals surface area contributed by atoms with Gasteiger partial charge in [-0.15, -0.1) is 0 Å². The molecule has 5 heteroatoms. The second-order valence-corrected chi connectivity index (χ2v) is 6.39. The normalized spacial score (nSPS) is 11.0. The first kappa shape index (κ1) is 17.6. The summed E-state index contributed by atoms with van der Waals surface area (Å²) in [4.78, 5) is 16.8. The molecule has 1 amide bonds. The molecule has 0 unspecified atom stereocenters. The molecule has 0 bridgehead atoms. The molecule has 1 N–H and O–H groups in total. The van der Waals surface area contributed by atoms with Crippen LogP contribution in [0.15, 0.2) is 72.9 Å². The lowest BCUT2D eigenvalue weighted by molar-refractivity contribution is -0.120. The molecular formula is C21H19FN2O2. The van der Waals surface area contributed by atoms with Gasteiger partial charge in [0.2, 0.25) is 11.8 Å². The molecule has 132 valence electrons. The molecule has 1 heterocycles. The highest BCUT2D eigenvalue weighted by Crippen LogP contribution is 2.26. The smallest absolute Gasteiger partial charge is 0.234 e. The van der Waals surface area contributed by atoms with Gasteiger partial charge in [-0.1, -0.05) is 30.3 Å². The monoisotopic (exact) mass is 350 g/mol. The van der Waals surface area contributed by atoms with Gasteiger partial charge in [0.1, 0.15) is 11.6 Å². The van der Waals surface area contributed by atoms with Crippen molar-refractivity contribution in [1.29, 1.82) is 0 Å². The third kappa shape index (κ3) is 4.06. The van der Waals surface area contributed by atoms with Gasteiger partial charge in [-0.25, -0.2) is 9.37 Å². The number of carbonyl (C=O) groups excluding carboxylic acids is 1. The van der Waals surface area contributed by atoms with E-state index in [4.69, 9.17) is 4.74 Å². The van der Waals surface area contributed by atoms with Crippen molar-refractivity contribution in [2.75, 3.05) is 5.32 Å². The number of benzene rings is 2. The van der Waals surface area contributed by atoms with E-state index in [0.29, 0.717) is 17.3 Å². The summed E-state index contributed by atoms with van der Waals surface area (Å²) < 4.78 is 18.4. The molecule has 0 fully saturated rings. The van der Waals surface area contributed by atoms with E-state index in [1.807, 2.05) is 44.2 Å². The Balaban J connectivity index is 1.67. The Kier molecular flexibility index (Phi) is 4.98. The average Bonchev–Trinajstić information content (AvgIpc) is 2.66. The first-order chi connectivity index (χ1) is 12.4. The number of amides is 1. The van der Waals surface area contributed by atoms with Gasteiger partial charge in [0.25, 0.3) is 0 Å². The molecule has 3 aromatic rings. The molecule has 0 saturated heterocycles. The molecule has 0 atom stereocenters. The first-order valence-corrected chi connectivity index (χ1v) is 8.21. The maximum atomic E-state index is 12.9. The number of aromatic nitrogens is 1. The van der Waals surface area contributed by atoms with Crippen LogP contribution in [0.3, 0.4) is 0 Å². The molecule has 0 aliphatic rings. The molecule has 26 heavy (non-hydrogen) atoms. The van der Waals surface area contributed by atoms with E-state index >= 15 is 0 Å². The molecule has 1 aromatic heterocycles. The fourth-order valence-corrected chi connectivity index (χ4v) is 2.41. The van der Waals surface area contributed by atoms with Crippen LogP contribution < -0.4 is 10.1 Å². The number of carbonyl (C=O) groups is 1. The number of rotatable bonds is 5. The lowest BCUT2D eigenvalue weighted by Gasteiger charge is -2.24. The van der Waals surface area contributed by atoms with E-state index in [0.717, 1.165) is 5.56 Å². The number of hydrogen-bond donors (Lipinski definition) is 1. The largest absolute Gasteiger partial charge is 0.439 e. The summed E-state index contributed by atoms with van der Waals surface area (Å²) in [6.07, 6.45) is 1.53. The van der Waals surface area contributed by atoms with E-state index in [2.05, 4.69) is 10.3 Å². The van der Waals surface area contributed by atoms with Gasteiger partial charge in [0, 0.05) is 6.07 Å². The minimum atomic E-state index is -0.676. The van der Waals surface area contributed by atoms with Crippen LogP contribution in [0.25, 0.3) is 0 Å². The van der Waals surface area contributed by atoms with Crippen molar-refractivity contribution in [3.63, 3.8) is 0 Å². The van der Waals surface area contributed by atoms with Gasteiger partial charge in [-0.3, -0.25) is 4.79 Å². The van der Waals surface area contributed by atoms with Gasteiger partial charge in [0.15, 0.2) is 0 Å². The number of anilines is 1. The Hall–Kier alpha value is -3.21. The van der Waals surface area contributed by atoms with Crippen molar-refractivity contribution in [3.8, 4) is 11.6 Å². The third-order valence-corrected chi connectivity index (χ3v) is 4.09. The number of pyridine rings is 1. The minimum absolute atomic E-state index is 0.127. The summed E-state index contributed by atoms with van der Waals surface area (Å²) in [5.41, 5.74) is 0.831. The Bertz CT molecular complexity index is 876. The number of nitrogens with one attached hydrogen (secondary N) is 1. The average molecular weight is 350 g/mol. The van der Waals surface area contributed by atoms with Crippen LogP contribution in [0, 0.1) is 5.82 Å². The summed E-state index contributed by atoms with van der Waals surface area (Å²) in [5, 5.41) is 2.87. The van der Waals surface area contributed by atoms with Gasteiger partial charge in [0.05, 0.1) is 17.3 Å². The third-order valence-electron chi connectivity index (χ3n) is 4.09. The molecule has 0 radical (unpaired) electrons. The van der Waals surface area contributed by atoms with Crippen molar-refractivity contribution in [2.45, 2.75) is 19.3 Å². The summed E-state index contributed by atoms with van der Waals surface area (Å²) in [7, 11) is 0. The highest BCUT2D eigenvalue weighted by molar-refractivity contribution is 5.98. The summed E-state index contributed by atoms with van der Waals surface area (Å²) >= 11 is 0. The zero-order chi connectivity index (χ0) is 18.6. The lowest BCUT2D eigenvalue weighted by atomic mass is 9.84. The van der Waals surface area contributed by atoms with E-state index in [9.17, 15) is 9.18 Å². The van der Waals surface area contributed by atoms with E-state index < -0.39 is 5.41 Å². The second-order valence-electron chi connectivity index (χ2n) is 6.39. The predicted octanol–water partition coefficient (Wildman–Crippen LogP) is 4.93. The molecule has 3 rings (SSSR count). The zero-order valence-electron chi connectivity index (χ0n) is 14.6. The lowest BCUT2D eigenvalue weighted by Crippen LogP contribution is -2.34. The van der Waals surface area contributed by atoms with Gasteiger partial charge in [-0.2, -0.15) is 0 Å². The van der Waals surface area contributed by atoms with Crippen LogP contribution in [0.5, 0.6) is 11.6 Å². The van der Waals surface area contributed by atoms with Crippen LogP contribution in [0.4, 0.5) is 10.1 Å². The van der Waals surface area contributed by atoms with Crippen molar-refractivity contribution < 1.29 is 13.9 Å². The standard InChI is InChI=1S/C21H19FN2O2/c1-21(2,15-6-4-3-5-7-15)20(25)24-17-10-13-19(23-14-17)26-18-11-8-16(22)9-12-18/h3-14H,1-2H3,(H,24,25). The van der Waals surface area contributed by atoms with Crippen molar-refractivity contribution >= 4 is 11.6 Å². The maximum Gasteiger partial charge on any atom is 0.234 e. The highest BCUT2D eigenvalue weighted by atomic mass is 19.1. The summed E-state index contributed by atoms with van der Waals surface area (Å²) in [6.45, 7) is 3.74. The van der Waals surface area contributed by atoms with E-state index in [-0.39, 0.29) is 11.7 Å². The van der Waals surface area contributed by atoms with Crippen molar-refractivity contribution in [1.82, 2.24) is 4.98 Å². The van der Waals surface area contributed by atoms with E-state index in [1.54, 1.807) is 12.1 Å². The number of ether oxygens (including phenoxy) is 1. The van der Waals surface area contributed by atoms with Crippen LogP contribution in [0.1, 0.15) is 19.4 Å². The topological polar surface area (TPSA) is 51.2 Å². The molecular weight excluding hydrogens is 331 g/mol. The molecule has 0 aliphatic carbocycles. The first-order valence-electron chi connectivity index (χ1n) is 8.21. The molecule has 0 aliphatic heterocycles. The quantitative estimate of drug-likeness (QED) is 0.710. The fraction of sp³-hybridized carbons (Fsp3) is 0.143. The Labute approximate surface area is 151 Å². The Morgan fingerprint density at radius 1 is 1.00 bits per heavy atom. The van der Waals surface area contributed by atoms with Crippen LogP contribution in [-0.4, -0.2) is 10.9 Å². The van der Waals surface area contributed by atoms with Crippen molar-refractivity contribution in [3.05, 3.63) is 84.3 Å². The minimum Gasteiger partial charge on any atom is -0.439 e. The summed E-state index contributed by atoms with van der Waals surface area (Å²) in [6, 6.07) is 18.6. The molecule has 4 nitrogen and oxygen atoms in total. The zero-order valence-corrected chi connectivity index (χ0v) is 14.6. The second kappa shape index (κ2) is 7.35. The van der Waals surface area contributed by atoms with Crippen LogP contribution in [0.2, 0.25) is 0 Å². The Morgan fingerprint density at radius 2 is 1.69 bits per heavy atom. The number of nitrogens with zero attached hydrogens (tertiary/aromatic N) is 1. The van der Waals surface area contributed by atoms with E-state index in [1.165, 1.54) is 30.5 Å². The summed E-state index contributed by atoms with van der Waals surface area (Å²) in [5.74, 6) is 0.389. The molecule has 0 saturated carbocycles. The SMILES string of the molecule is CC(C)(C(=O)Nc1ccc(Oc2ccc(F)cc2)nc1)c1ccccc1. The fourth-order valence-electron chi connectivity index (χ4n) is 2.41. The van der Waals surface area contributed by atoms with Crippen LogP contribution in [-0.2, 0) is 10.2 Å². The van der Waals surface area contributed by atoms with Crippen LogP contribution >= 0.6 is 0 Å². The van der Waals surface area contributed by atoms with Crippen molar-refractivity contribution in [2.24, 2.45) is 0 Å². The van der Waals surface area contributed by atoms with Gasteiger partial charge >= 0.3 is 0 Å². The molecule has 0 spiro atoms. The predicted molar refractivity (Wildman–Crippen MR) is 98.8 cm³/mol. The van der Waals surface area contributed by atoms with Gasteiger partial charge < -0.3 is 10.1 Å².